The second-order valence-electron chi connectivity index (χ2n) is 6.98. The minimum absolute atomic E-state index is 0.249. The van der Waals surface area contributed by atoms with Crippen molar-refractivity contribution < 1.29 is 22.7 Å². The molecule has 0 spiro atoms. The number of pyridine rings is 1. The number of aromatic nitrogens is 1. The number of nitrogens with one attached hydrogen (secondary N) is 1. The van der Waals surface area contributed by atoms with Crippen molar-refractivity contribution in [2.45, 2.75) is 32.0 Å². The number of rotatable bonds is 9. The topological polar surface area (TPSA) is 63.6 Å². The van der Waals surface area contributed by atoms with Gasteiger partial charge in [-0.05, 0) is 42.7 Å². The molecule has 0 aliphatic rings. The molecule has 0 fully saturated rings. The summed E-state index contributed by atoms with van der Waals surface area (Å²) in [5.41, 5.74) is 4.94. The van der Waals surface area contributed by atoms with Crippen LogP contribution in [0.1, 0.15) is 30.4 Å². The van der Waals surface area contributed by atoms with E-state index in [1.165, 1.54) is 18.2 Å². The highest BCUT2D eigenvalue weighted by Gasteiger charge is 2.31. The highest BCUT2D eigenvalue weighted by atomic mass is 35.5. The SMILES string of the molecule is O=C(CCCCCl)NN=C(Cc1ccnc2ccccc12)c1cccc(OC(F)(F)F)c1. The monoisotopic (exact) mass is 463 g/mol. The van der Waals surface area contributed by atoms with E-state index >= 15 is 0 Å². The molecule has 5 nitrogen and oxygen atoms in total. The molecule has 0 bridgehead atoms. The molecule has 0 saturated heterocycles. The molecule has 0 aliphatic heterocycles. The van der Waals surface area contributed by atoms with Crippen LogP contribution in [0.25, 0.3) is 10.9 Å². The Labute approximate surface area is 188 Å². The van der Waals surface area contributed by atoms with E-state index in [0.717, 1.165) is 16.5 Å². The van der Waals surface area contributed by atoms with E-state index in [1.807, 2.05) is 30.3 Å². The van der Waals surface area contributed by atoms with Crippen LogP contribution in [0.4, 0.5) is 13.2 Å². The lowest BCUT2D eigenvalue weighted by Crippen LogP contribution is -2.21. The van der Waals surface area contributed by atoms with Gasteiger partial charge < -0.3 is 4.74 Å². The number of fused-ring (bicyclic) bond motifs is 1. The molecule has 0 saturated carbocycles. The van der Waals surface area contributed by atoms with Gasteiger partial charge in [-0.3, -0.25) is 9.78 Å². The number of alkyl halides is 4. The molecule has 1 N–H and O–H groups in total. The number of hydrogen-bond donors (Lipinski definition) is 1. The van der Waals surface area contributed by atoms with Gasteiger partial charge in [0, 0.05) is 35.9 Å². The zero-order valence-corrected chi connectivity index (χ0v) is 17.8. The quantitative estimate of drug-likeness (QED) is 0.194. The first-order chi connectivity index (χ1) is 15.4. The van der Waals surface area contributed by atoms with Gasteiger partial charge in [0.2, 0.25) is 5.91 Å². The van der Waals surface area contributed by atoms with Crippen molar-refractivity contribution in [3.8, 4) is 5.75 Å². The number of halogens is 4. The van der Waals surface area contributed by atoms with E-state index in [9.17, 15) is 18.0 Å². The highest BCUT2D eigenvalue weighted by molar-refractivity contribution is 6.17. The molecular weight excluding hydrogens is 443 g/mol. The molecule has 0 radical (unpaired) electrons. The number of hydrogen-bond acceptors (Lipinski definition) is 4. The summed E-state index contributed by atoms with van der Waals surface area (Å²) in [6, 6.07) is 14.8. The highest BCUT2D eigenvalue weighted by Crippen LogP contribution is 2.25. The maximum absolute atomic E-state index is 12.7. The predicted molar refractivity (Wildman–Crippen MR) is 118 cm³/mol. The van der Waals surface area contributed by atoms with E-state index in [-0.39, 0.29) is 24.5 Å². The van der Waals surface area contributed by atoms with Gasteiger partial charge in [0.25, 0.3) is 0 Å². The summed E-state index contributed by atoms with van der Waals surface area (Å²) in [5, 5.41) is 5.13. The third kappa shape index (κ3) is 6.95. The average Bonchev–Trinajstić information content (AvgIpc) is 2.76. The molecule has 32 heavy (non-hydrogen) atoms. The lowest BCUT2D eigenvalue weighted by atomic mass is 9.99. The van der Waals surface area contributed by atoms with E-state index in [2.05, 4.69) is 20.2 Å². The molecule has 1 aromatic heterocycles. The van der Waals surface area contributed by atoms with Crippen molar-refractivity contribution in [3.63, 3.8) is 0 Å². The van der Waals surface area contributed by atoms with Crippen LogP contribution in [-0.2, 0) is 11.2 Å². The Bertz CT molecular complexity index is 1100. The first-order valence-electron chi connectivity index (χ1n) is 9.96. The second-order valence-corrected chi connectivity index (χ2v) is 7.36. The molecule has 3 rings (SSSR count). The summed E-state index contributed by atoms with van der Waals surface area (Å²) in [5.74, 6) is -0.200. The predicted octanol–water partition coefficient (Wildman–Crippen LogP) is 5.61. The van der Waals surface area contributed by atoms with E-state index in [0.29, 0.717) is 30.0 Å². The standard InChI is InChI=1S/C23H21ClF3N3O2/c24-12-4-3-10-22(31)30-29-21(17-6-5-7-18(14-17)32-23(25,26)27)15-16-11-13-28-20-9-2-1-8-19(16)20/h1-2,5-9,11,13-14H,3-4,10,12,15H2,(H,30,31). The van der Waals surface area contributed by atoms with E-state index in [1.54, 1.807) is 12.3 Å². The van der Waals surface area contributed by atoms with E-state index < -0.39 is 6.36 Å². The van der Waals surface area contributed by atoms with Crippen molar-refractivity contribution in [1.82, 2.24) is 10.4 Å². The van der Waals surface area contributed by atoms with Gasteiger partial charge in [-0.25, -0.2) is 5.43 Å². The van der Waals surface area contributed by atoms with Crippen LogP contribution in [0.15, 0.2) is 65.9 Å². The van der Waals surface area contributed by atoms with Crippen LogP contribution >= 0.6 is 11.6 Å². The van der Waals surface area contributed by atoms with Crippen LogP contribution in [0.3, 0.4) is 0 Å². The normalized spacial score (nSPS) is 12.1. The van der Waals surface area contributed by atoms with Crippen molar-refractivity contribution in [2.75, 3.05) is 5.88 Å². The van der Waals surface area contributed by atoms with Gasteiger partial charge >= 0.3 is 6.36 Å². The Balaban J connectivity index is 1.92. The summed E-state index contributed by atoms with van der Waals surface area (Å²) < 4.78 is 42.1. The molecule has 1 amide bonds. The number of benzene rings is 2. The number of hydrazone groups is 1. The van der Waals surface area contributed by atoms with Crippen molar-refractivity contribution in [2.24, 2.45) is 5.10 Å². The third-order valence-electron chi connectivity index (χ3n) is 4.60. The summed E-state index contributed by atoms with van der Waals surface area (Å²) in [6.45, 7) is 0. The van der Waals surface area contributed by atoms with Crippen molar-refractivity contribution in [1.29, 1.82) is 0 Å². The van der Waals surface area contributed by atoms with Gasteiger partial charge in [-0.15, -0.1) is 24.8 Å². The zero-order chi connectivity index (χ0) is 23.0. The van der Waals surface area contributed by atoms with Crippen LogP contribution in [0.5, 0.6) is 5.75 Å². The molecule has 0 atom stereocenters. The van der Waals surface area contributed by atoms with Crippen molar-refractivity contribution >= 4 is 34.1 Å². The molecule has 0 aliphatic carbocycles. The first kappa shape index (κ1) is 23.5. The number of unbranched alkanes of at least 4 members (excludes halogenated alkanes) is 1. The smallest absolute Gasteiger partial charge is 0.406 e. The number of nitrogens with zero attached hydrogens (tertiary/aromatic N) is 2. The molecular formula is C23H21ClF3N3O2. The number of amides is 1. The summed E-state index contributed by atoms with van der Waals surface area (Å²) in [4.78, 5) is 16.5. The molecule has 168 valence electrons. The van der Waals surface area contributed by atoms with Crippen LogP contribution in [0.2, 0.25) is 0 Å². The first-order valence-corrected chi connectivity index (χ1v) is 10.5. The van der Waals surface area contributed by atoms with Crippen molar-refractivity contribution in [3.05, 3.63) is 71.9 Å². The molecule has 3 aromatic rings. The largest absolute Gasteiger partial charge is 0.573 e. The van der Waals surface area contributed by atoms with Gasteiger partial charge in [-0.1, -0.05) is 30.3 Å². The molecule has 2 aromatic carbocycles. The fourth-order valence-electron chi connectivity index (χ4n) is 3.13. The van der Waals surface area contributed by atoms with Crippen LogP contribution < -0.4 is 10.2 Å². The molecule has 1 heterocycles. The maximum Gasteiger partial charge on any atom is 0.573 e. The van der Waals surface area contributed by atoms with Crippen LogP contribution in [-0.4, -0.2) is 28.8 Å². The summed E-state index contributed by atoms with van der Waals surface area (Å²) in [6.07, 6.45) is -1.33. The van der Waals surface area contributed by atoms with Gasteiger partial charge in [0.15, 0.2) is 0 Å². The van der Waals surface area contributed by atoms with Gasteiger partial charge in [0.1, 0.15) is 5.75 Å². The number of carbonyl (C=O) groups is 1. The lowest BCUT2D eigenvalue weighted by molar-refractivity contribution is -0.274. The summed E-state index contributed by atoms with van der Waals surface area (Å²) in [7, 11) is 0. The number of carbonyl (C=O) groups excluding carboxylic acids is 1. The third-order valence-corrected chi connectivity index (χ3v) is 4.87. The Morgan fingerprint density at radius 2 is 1.91 bits per heavy atom. The van der Waals surface area contributed by atoms with Gasteiger partial charge in [-0.2, -0.15) is 5.10 Å². The lowest BCUT2D eigenvalue weighted by Gasteiger charge is -2.13. The maximum atomic E-state index is 12.7. The number of ether oxygens (including phenoxy) is 1. The molecule has 9 heteroatoms. The van der Waals surface area contributed by atoms with Gasteiger partial charge in [0.05, 0.1) is 11.2 Å². The minimum Gasteiger partial charge on any atom is -0.406 e. The second kappa shape index (κ2) is 10.9. The Morgan fingerprint density at radius 3 is 2.69 bits per heavy atom. The Morgan fingerprint density at radius 1 is 1.09 bits per heavy atom. The fraction of sp³-hybridized carbons (Fsp3) is 0.261. The van der Waals surface area contributed by atoms with E-state index in [4.69, 9.17) is 11.6 Å². The zero-order valence-electron chi connectivity index (χ0n) is 17.0. The Hall–Kier alpha value is -3.13. The molecule has 0 unspecified atom stereocenters. The average molecular weight is 464 g/mol. The Kier molecular flexibility index (Phi) is 8.05. The number of para-hydroxylation sites is 1. The fourth-order valence-corrected chi connectivity index (χ4v) is 3.32. The summed E-state index contributed by atoms with van der Waals surface area (Å²) >= 11 is 5.63. The van der Waals surface area contributed by atoms with Crippen LogP contribution in [0, 0.1) is 0 Å². The minimum atomic E-state index is -4.81.